The van der Waals surface area contributed by atoms with Crippen LogP contribution in [0.2, 0.25) is 5.02 Å². The van der Waals surface area contributed by atoms with Gasteiger partial charge in [-0.15, -0.1) is 0 Å². The Morgan fingerprint density at radius 2 is 2.07 bits per heavy atom. The Balaban J connectivity index is 1.80. The number of hydrogen-bond acceptors (Lipinski definition) is 5. The van der Waals surface area contributed by atoms with Gasteiger partial charge < -0.3 is 5.11 Å². The van der Waals surface area contributed by atoms with Crippen molar-refractivity contribution in [1.29, 1.82) is 0 Å². The molecule has 0 aliphatic heterocycles. The minimum absolute atomic E-state index is 0.0463. The third-order valence-electron chi connectivity index (χ3n) is 4.22. The molecule has 0 saturated heterocycles. The highest BCUT2D eigenvalue weighted by atomic mass is 35.5. The average Bonchev–Trinajstić information content (AvgIpc) is 3.27. The van der Waals surface area contributed by atoms with Crippen molar-refractivity contribution >= 4 is 28.6 Å². The lowest BCUT2D eigenvalue weighted by atomic mass is 10.1. The first-order valence-corrected chi connectivity index (χ1v) is 8.43. The number of nitrogens with one attached hydrogen (secondary N) is 1. The van der Waals surface area contributed by atoms with Gasteiger partial charge in [-0.1, -0.05) is 11.6 Å². The van der Waals surface area contributed by atoms with Gasteiger partial charge in [0.05, 0.1) is 24.0 Å². The first kappa shape index (κ1) is 17.9. The zero-order valence-corrected chi connectivity index (χ0v) is 15.1. The van der Waals surface area contributed by atoms with E-state index in [0.717, 1.165) is 10.9 Å². The first-order valence-electron chi connectivity index (χ1n) is 8.05. The smallest absolute Gasteiger partial charge is 0.338 e. The summed E-state index contributed by atoms with van der Waals surface area (Å²) in [6, 6.07) is 3.62. The fraction of sp³-hybridized carbons (Fsp3) is 0.118. The van der Waals surface area contributed by atoms with Crippen molar-refractivity contribution in [1.82, 2.24) is 29.5 Å². The van der Waals surface area contributed by atoms with Crippen molar-refractivity contribution in [3.05, 3.63) is 69.1 Å². The fourth-order valence-electron chi connectivity index (χ4n) is 2.87. The molecule has 2 N–H and O–H groups in total. The van der Waals surface area contributed by atoms with Gasteiger partial charge in [0, 0.05) is 11.2 Å². The van der Waals surface area contributed by atoms with Crippen molar-refractivity contribution in [2.75, 3.05) is 0 Å². The SMILES string of the molecule is CC(c1cc(F)cc(Cl)c1)n1ncc2nc(-n3cc(C(=O)O)cn3)[nH]c(=O)c21. The zero-order chi connectivity index (χ0) is 20.0. The Bertz CT molecular complexity index is 1260. The maximum Gasteiger partial charge on any atom is 0.338 e. The highest BCUT2D eigenvalue weighted by Gasteiger charge is 2.18. The lowest BCUT2D eigenvalue weighted by Crippen LogP contribution is -2.19. The monoisotopic (exact) mass is 402 g/mol. The molecule has 0 aliphatic carbocycles. The number of carboxylic acid groups (broad SMARTS) is 1. The van der Waals surface area contributed by atoms with Crippen LogP contribution < -0.4 is 5.56 Å². The summed E-state index contributed by atoms with van der Waals surface area (Å²) in [5, 5.41) is 17.3. The van der Waals surface area contributed by atoms with Crippen molar-refractivity contribution in [3.8, 4) is 5.95 Å². The molecule has 0 fully saturated rings. The van der Waals surface area contributed by atoms with Crippen LogP contribution in [0.4, 0.5) is 4.39 Å². The summed E-state index contributed by atoms with van der Waals surface area (Å²) in [5.74, 6) is -1.59. The minimum Gasteiger partial charge on any atom is -0.478 e. The molecule has 3 aromatic heterocycles. The Morgan fingerprint density at radius 3 is 2.75 bits per heavy atom. The average molecular weight is 403 g/mol. The van der Waals surface area contributed by atoms with E-state index in [0.29, 0.717) is 5.56 Å². The molecule has 0 saturated carbocycles. The molecule has 0 amide bonds. The minimum atomic E-state index is -1.15. The molecule has 1 atom stereocenters. The second kappa shape index (κ2) is 6.57. The van der Waals surface area contributed by atoms with Crippen LogP contribution in [-0.4, -0.2) is 40.6 Å². The quantitative estimate of drug-likeness (QED) is 0.541. The van der Waals surface area contributed by atoms with Crippen LogP contribution in [0.25, 0.3) is 17.0 Å². The summed E-state index contributed by atoms with van der Waals surface area (Å²) in [6.45, 7) is 1.75. The molecule has 0 bridgehead atoms. The van der Waals surface area contributed by atoms with Gasteiger partial charge in [-0.25, -0.2) is 18.9 Å². The molecule has 9 nitrogen and oxygen atoms in total. The number of benzene rings is 1. The predicted octanol–water partition coefficient (Wildman–Crippen LogP) is 2.41. The van der Waals surface area contributed by atoms with Gasteiger partial charge in [0.15, 0.2) is 5.52 Å². The number of aromatic carboxylic acids is 1. The number of halogens is 2. The number of carbonyl (C=O) groups is 1. The molecule has 0 aliphatic rings. The number of aromatic amines is 1. The van der Waals surface area contributed by atoms with Crippen LogP contribution in [0.3, 0.4) is 0 Å². The van der Waals surface area contributed by atoms with Crippen molar-refractivity contribution in [2.24, 2.45) is 0 Å². The van der Waals surface area contributed by atoms with E-state index in [1.54, 1.807) is 13.0 Å². The third kappa shape index (κ3) is 3.03. The lowest BCUT2D eigenvalue weighted by Gasteiger charge is -2.14. The standard InChI is InChI=1S/C17H12ClFN6O3/c1-8(9-2-11(18)4-12(19)3-9)25-14-13(6-21-25)22-17(23-15(14)26)24-7-10(5-20-24)16(27)28/h2-8H,1H3,(H,27,28)(H,22,23,26). The molecule has 11 heteroatoms. The summed E-state index contributed by atoms with van der Waals surface area (Å²) in [5.41, 5.74) is 0.452. The molecule has 1 unspecified atom stereocenters. The van der Waals surface area contributed by atoms with Crippen LogP contribution in [-0.2, 0) is 0 Å². The zero-order valence-electron chi connectivity index (χ0n) is 14.3. The summed E-state index contributed by atoms with van der Waals surface area (Å²) in [7, 11) is 0. The molecule has 3 heterocycles. The summed E-state index contributed by atoms with van der Waals surface area (Å²) in [4.78, 5) is 30.5. The van der Waals surface area contributed by atoms with E-state index in [1.165, 1.54) is 29.2 Å². The van der Waals surface area contributed by atoms with Crippen molar-refractivity contribution in [3.63, 3.8) is 0 Å². The number of carboxylic acids is 1. The van der Waals surface area contributed by atoms with E-state index in [4.69, 9.17) is 16.7 Å². The Kier molecular flexibility index (Phi) is 4.19. The molecule has 4 rings (SSSR count). The van der Waals surface area contributed by atoms with Gasteiger partial charge in [0.2, 0.25) is 5.95 Å². The van der Waals surface area contributed by atoms with E-state index in [1.807, 2.05) is 0 Å². The summed E-state index contributed by atoms with van der Waals surface area (Å²) in [6.07, 6.45) is 3.77. The highest BCUT2D eigenvalue weighted by molar-refractivity contribution is 6.30. The number of nitrogens with zero attached hydrogens (tertiary/aromatic N) is 5. The van der Waals surface area contributed by atoms with Crippen LogP contribution in [0.15, 0.2) is 41.6 Å². The Hall–Kier alpha value is -3.53. The first-order chi connectivity index (χ1) is 13.3. The number of rotatable bonds is 4. The number of fused-ring (bicyclic) bond motifs is 1. The molecular weight excluding hydrogens is 391 g/mol. The van der Waals surface area contributed by atoms with E-state index in [-0.39, 0.29) is 27.6 Å². The Morgan fingerprint density at radius 1 is 1.29 bits per heavy atom. The number of hydrogen-bond donors (Lipinski definition) is 2. The molecule has 1 aromatic carbocycles. The largest absolute Gasteiger partial charge is 0.478 e. The second-order valence-electron chi connectivity index (χ2n) is 6.07. The Labute approximate surface area is 161 Å². The normalized spacial score (nSPS) is 12.4. The van der Waals surface area contributed by atoms with Gasteiger partial charge in [-0.05, 0) is 30.7 Å². The van der Waals surface area contributed by atoms with Crippen LogP contribution in [0.5, 0.6) is 0 Å². The number of aromatic nitrogens is 6. The topological polar surface area (TPSA) is 119 Å². The molecule has 4 aromatic rings. The van der Waals surface area contributed by atoms with E-state index < -0.39 is 23.4 Å². The van der Waals surface area contributed by atoms with Crippen LogP contribution >= 0.6 is 11.6 Å². The van der Waals surface area contributed by atoms with Gasteiger partial charge >= 0.3 is 5.97 Å². The highest BCUT2D eigenvalue weighted by Crippen LogP contribution is 2.24. The van der Waals surface area contributed by atoms with Crippen LogP contribution in [0, 0.1) is 5.82 Å². The van der Waals surface area contributed by atoms with E-state index in [2.05, 4.69) is 20.2 Å². The van der Waals surface area contributed by atoms with Gasteiger partial charge in [0.1, 0.15) is 11.3 Å². The summed E-state index contributed by atoms with van der Waals surface area (Å²) >= 11 is 5.92. The lowest BCUT2D eigenvalue weighted by molar-refractivity contribution is 0.0697. The fourth-order valence-corrected chi connectivity index (χ4v) is 3.10. The third-order valence-corrected chi connectivity index (χ3v) is 4.44. The predicted molar refractivity (Wildman–Crippen MR) is 97.5 cm³/mol. The van der Waals surface area contributed by atoms with Crippen LogP contribution in [0.1, 0.15) is 28.9 Å². The van der Waals surface area contributed by atoms with Gasteiger partial charge in [-0.2, -0.15) is 10.2 Å². The molecule has 142 valence electrons. The molecule has 28 heavy (non-hydrogen) atoms. The van der Waals surface area contributed by atoms with Crippen molar-refractivity contribution < 1.29 is 14.3 Å². The van der Waals surface area contributed by atoms with E-state index in [9.17, 15) is 14.0 Å². The summed E-state index contributed by atoms with van der Waals surface area (Å²) < 4.78 is 16.2. The number of H-pyrrole nitrogens is 1. The molecule has 0 spiro atoms. The van der Waals surface area contributed by atoms with Gasteiger partial charge in [0.25, 0.3) is 5.56 Å². The van der Waals surface area contributed by atoms with Crippen molar-refractivity contribution in [2.45, 2.75) is 13.0 Å². The maximum atomic E-state index is 13.7. The molecule has 0 radical (unpaired) electrons. The van der Waals surface area contributed by atoms with E-state index >= 15 is 0 Å². The van der Waals surface area contributed by atoms with Gasteiger partial charge in [-0.3, -0.25) is 14.5 Å². The maximum absolute atomic E-state index is 13.7. The molecular formula is C17H12ClFN6O3. The second-order valence-corrected chi connectivity index (χ2v) is 6.51.